The highest BCUT2D eigenvalue weighted by atomic mass is 15.2. The topological polar surface area (TPSA) is 87.9 Å². The normalized spacial score (nSPS) is 8.73. The van der Waals surface area contributed by atoms with Gasteiger partial charge in [0.25, 0.3) is 0 Å². The molecule has 56 valence electrons. The molecule has 0 aliphatic rings. The number of nitrogen functional groups attached to an aromatic ring is 2. The molecule has 1 aromatic carbocycles. The number of nitriles is 1. The van der Waals surface area contributed by atoms with E-state index in [9.17, 15) is 0 Å². The minimum absolute atomic E-state index is 0.451. The van der Waals surface area contributed by atoms with Gasteiger partial charge in [-0.25, -0.2) is 0 Å². The molecule has 0 aliphatic heterocycles. The predicted octanol–water partition coefficient (Wildman–Crippen LogP) is 0.426. The molecule has 0 saturated heterocycles. The summed E-state index contributed by atoms with van der Waals surface area (Å²) < 4.78 is 0. The number of nitrogens with one attached hydrogen (secondary N) is 1. The van der Waals surface area contributed by atoms with Crippen molar-refractivity contribution < 1.29 is 0 Å². The lowest BCUT2D eigenvalue weighted by Crippen LogP contribution is -2.10. The summed E-state index contributed by atoms with van der Waals surface area (Å²) in [6.07, 6.45) is 0. The van der Waals surface area contributed by atoms with Crippen molar-refractivity contribution in [1.82, 2.24) is 0 Å². The number of benzene rings is 1. The van der Waals surface area contributed by atoms with E-state index in [0.29, 0.717) is 16.9 Å². The third-order valence-electron chi connectivity index (χ3n) is 1.36. The Balaban J connectivity index is 3.27. The van der Waals surface area contributed by atoms with E-state index in [4.69, 9.17) is 16.8 Å². The number of anilines is 2. The number of nitrogens with zero attached hydrogens (tertiary/aromatic N) is 1. The maximum absolute atomic E-state index is 8.57. The van der Waals surface area contributed by atoms with Crippen LogP contribution in [0.4, 0.5) is 11.4 Å². The minimum Gasteiger partial charge on any atom is -0.397 e. The van der Waals surface area contributed by atoms with Gasteiger partial charge in [-0.1, -0.05) is 6.07 Å². The number of hydrogen-bond acceptors (Lipinski definition) is 4. The second-order valence-electron chi connectivity index (χ2n) is 2.03. The van der Waals surface area contributed by atoms with Gasteiger partial charge >= 0.3 is 0 Å². The van der Waals surface area contributed by atoms with E-state index in [1.54, 1.807) is 18.2 Å². The molecule has 0 unspecified atom stereocenters. The molecule has 5 N–H and O–H groups in total. The second kappa shape index (κ2) is 2.90. The third kappa shape index (κ3) is 1.23. The Bertz CT molecular complexity index is 300. The first kappa shape index (κ1) is 7.38. The zero-order chi connectivity index (χ0) is 8.27. The monoisotopic (exact) mass is 148 g/mol. The number of hydrogen-bond donors (Lipinski definition) is 3. The van der Waals surface area contributed by atoms with Gasteiger partial charge in [0.15, 0.2) is 0 Å². The van der Waals surface area contributed by atoms with Crippen molar-refractivity contribution >= 4 is 11.4 Å². The fraction of sp³-hybridized carbons (Fsp3) is 0. The molecule has 0 aromatic heterocycles. The van der Waals surface area contributed by atoms with Gasteiger partial charge in [0.1, 0.15) is 6.07 Å². The summed E-state index contributed by atoms with van der Waals surface area (Å²) in [7, 11) is 0. The van der Waals surface area contributed by atoms with Crippen LogP contribution in [0, 0.1) is 11.3 Å². The van der Waals surface area contributed by atoms with E-state index in [-0.39, 0.29) is 0 Å². The fourth-order valence-corrected chi connectivity index (χ4v) is 0.824. The second-order valence-corrected chi connectivity index (χ2v) is 2.03. The first-order valence-corrected chi connectivity index (χ1v) is 3.04. The van der Waals surface area contributed by atoms with E-state index in [2.05, 4.69) is 5.43 Å². The first-order valence-electron chi connectivity index (χ1n) is 3.04. The van der Waals surface area contributed by atoms with Crippen LogP contribution in [-0.2, 0) is 0 Å². The van der Waals surface area contributed by atoms with Gasteiger partial charge in [-0.3, -0.25) is 5.84 Å². The van der Waals surface area contributed by atoms with Crippen LogP contribution in [0.15, 0.2) is 18.2 Å². The Morgan fingerprint density at radius 3 is 2.64 bits per heavy atom. The summed E-state index contributed by atoms with van der Waals surface area (Å²) in [5.74, 6) is 5.15. The Labute approximate surface area is 64.4 Å². The summed E-state index contributed by atoms with van der Waals surface area (Å²) in [5, 5.41) is 8.57. The molecular weight excluding hydrogens is 140 g/mol. The van der Waals surface area contributed by atoms with Crippen molar-refractivity contribution in [2.24, 2.45) is 5.84 Å². The smallest absolute Gasteiger partial charge is 0.101 e. The van der Waals surface area contributed by atoms with E-state index < -0.39 is 0 Å². The van der Waals surface area contributed by atoms with Gasteiger partial charge in [0.2, 0.25) is 0 Å². The molecule has 0 saturated carbocycles. The Hall–Kier alpha value is -1.73. The van der Waals surface area contributed by atoms with Crippen LogP contribution in [0.3, 0.4) is 0 Å². The average Bonchev–Trinajstić information content (AvgIpc) is 2.04. The average molecular weight is 148 g/mol. The highest BCUT2D eigenvalue weighted by Gasteiger charge is 2.01. The molecule has 1 rings (SSSR count). The molecule has 0 amide bonds. The molecule has 0 heterocycles. The lowest BCUT2D eigenvalue weighted by atomic mass is 10.2. The van der Waals surface area contributed by atoms with Gasteiger partial charge in [0, 0.05) is 0 Å². The fourth-order valence-electron chi connectivity index (χ4n) is 0.824. The van der Waals surface area contributed by atoms with Crippen LogP contribution in [0.1, 0.15) is 5.56 Å². The minimum atomic E-state index is 0.451. The van der Waals surface area contributed by atoms with Crippen LogP contribution in [0.5, 0.6) is 0 Å². The highest BCUT2D eigenvalue weighted by molar-refractivity contribution is 5.72. The summed E-state index contributed by atoms with van der Waals surface area (Å²) in [5.41, 5.74) is 9.29. The van der Waals surface area contributed by atoms with E-state index in [0.717, 1.165) is 0 Å². The lowest BCUT2D eigenvalue weighted by molar-refractivity contribution is 1.34. The zero-order valence-electron chi connectivity index (χ0n) is 5.83. The van der Waals surface area contributed by atoms with Crippen molar-refractivity contribution in [3.05, 3.63) is 23.8 Å². The van der Waals surface area contributed by atoms with Crippen LogP contribution in [-0.4, -0.2) is 0 Å². The van der Waals surface area contributed by atoms with Gasteiger partial charge in [-0.15, -0.1) is 0 Å². The lowest BCUT2D eigenvalue weighted by Gasteiger charge is -2.04. The maximum Gasteiger partial charge on any atom is 0.101 e. The SMILES string of the molecule is N#Cc1cccc(N)c1NN. The van der Waals surface area contributed by atoms with Crippen molar-refractivity contribution in [2.45, 2.75) is 0 Å². The van der Waals surface area contributed by atoms with Crippen molar-refractivity contribution in [3.8, 4) is 6.07 Å². The summed E-state index contributed by atoms with van der Waals surface area (Å²) >= 11 is 0. The van der Waals surface area contributed by atoms with Crippen molar-refractivity contribution in [2.75, 3.05) is 11.2 Å². The Morgan fingerprint density at radius 2 is 2.18 bits per heavy atom. The molecule has 0 bridgehead atoms. The highest BCUT2D eigenvalue weighted by Crippen LogP contribution is 2.20. The van der Waals surface area contributed by atoms with Crippen LogP contribution in [0.2, 0.25) is 0 Å². The Kier molecular flexibility index (Phi) is 1.95. The quantitative estimate of drug-likeness (QED) is 0.306. The maximum atomic E-state index is 8.57. The van der Waals surface area contributed by atoms with Crippen LogP contribution in [0.25, 0.3) is 0 Å². The Morgan fingerprint density at radius 1 is 1.45 bits per heavy atom. The summed E-state index contributed by atoms with van der Waals surface area (Å²) in [6, 6.07) is 6.99. The molecule has 0 aliphatic carbocycles. The molecule has 4 heteroatoms. The number of hydrazine groups is 1. The molecule has 0 fully saturated rings. The van der Waals surface area contributed by atoms with E-state index in [1.165, 1.54) is 0 Å². The van der Waals surface area contributed by atoms with Gasteiger partial charge < -0.3 is 11.2 Å². The van der Waals surface area contributed by atoms with Gasteiger partial charge in [-0.05, 0) is 12.1 Å². The summed E-state index contributed by atoms with van der Waals surface area (Å²) in [4.78, 5) is 0. The van der Waals surface area contributed by atoms with Gasteiger partial charge in [-0.2, -0.15) is 5.26 Å². The zero-order valence-corrected chi connectivity index (χ0v) is 5.83. The van der Waals surface area contributed by atoms with Crippen molar-refractivity contribution in [1.29, 1.82) is 5.26 Å². The van der Waals surface area contributed by atoms with E-state index >= 15 is 0 Å². The molecule has 4 nitrogen and oxygen atoms in total. The third-order valence-corrected chi connectivity index (χ3v) is 1.36. The van der Waals surface area contributed by atoms with E-state index in [1.807, 2.05) is 6.07 Å². The number of nitrogens with two attached hydrogens (primary N) is 2. The molecular formula is C7H8N4. The van der Waals surface area contributed by atoms with Crippen molar-refractivity contribution in [3.63, 3.8) is 0 Å². The van der Waals surface area contributed by atoms with Crippen LogP contribution < -0.4 is 17.0 Å². The molecule has 0 radical (unpaired) electrons. The standard InChI is InChI=1S/C7H8N4/c8-4-5-2-1-3-6(9)7(5)11-10/h1-3,11H,9-10H2. The summed E-state index contributed by atoms with van der Waals surface area (Å²) in [6.45, 7) is 0. The van der Waals surface area contributed by atoms with Crippen LogP contribution >= 0.6 is 0 Å². The molecule has 11 heavy (non-hydrogen) atoms. The number of rotatable bonds is 1. The number of para-hydroxylation sites is 1. The largest absolute Gasteiger partial charge is 0.397 e. The molecule has 0 atom stereocenters. The van der Waals surface area contributed by atoms with Gasteiger partial charge in [0.05, 0.1) is 16.9 Å². The molecule has 0 spiro atoms. The molecule has 1 aromatic rings. The predicted molar refractivity (Wildman–Crippen MR) is 43.4 cm³/mol. The first-order chi connectivity index (χ1) is 5.29.